The van der Waals surface area contributed by atoms with Crippen molar-refractivity contribution in [2.45, 2.75) is 32.5 Å². The van der Waals surface area contributed by atoms with Gasteiger partial charge in [0.2, 0.25) is 5.88 Å². The summed E-state index contributed by atoms with van der Waals surface area (Å²) in [5.41, 5.74) is -0.623. The van der Waals surface area contributed by atoms with Crippen LogP contribution in [0.3, 0.4) is 0 Å². The molecule has 1 aromatic heterocycles. The van der Waals surface area contributed by atoms with Crippen molar-refractivity contribution < 1.29 is 17.9 Å². The largest absolute Gasteiger partial charge is 0.472 e. The van der Waals surface area contributed by atoms with Crippen LogP contribution in [0.4, 0.5) is 19.0 Å². The molecule has 24 heavy (non-hydrogen) atoms. The third kappa shape index (κ3) is 2.95. The molecule has 0 saturated carbocycles. The van der Waals surface area contributed by atoms with E-state index in [9.17, 15) is 18.0 Å². The maximum atomic E-state index is 13.6. The van der Waals surface area contributed by atoms with Gasteiger partial charge in [-0.25, -0.2) is 18.0 Å². The molecule has 0 aliphatic carbocycles. The Hall–Kier alpha value is -2.51. The van der Waals surface area contributed by atoms with Gasteiger partial charge in [0.1, 0.15) is 18.2 Å². The first-order chi connectivity index (χ1) is 11.4. The van der Waals surface area contributed by atoms with E-state index in [1.54, 1.807) is 6.07 Å². The predicted molar refractivity (Wildman–Crippen MR) is 81.6 cm³/mol. The Morgan fingerprint density at radius 2 is 1.92 bits per heavy atom. The zero-order chi connectivity index (χ0) is 17.4. The fourth-order valence-corrected chi connectivity index (χ4v) is 2.61. The van der Waals surface area contributed by atoms with Gasteiger partial charge in [-0.2, -0.15) is 4.98 Å². The van der Waals surface area contributed by atoms with Gasteiger partial charge in [-0.05, 0) is 19.4 Å². The van der Waals surface area contributed by atoms with Crippen molar-refractivity contribution in [3.05, 3.63) is 51.7 Å². The summed E-state index contributed by atoms with van der Waals surface area (Å²) >= 11 is 0. The van der Waals surface area contributed by atoms with E-state index in [1.165, 1.54) is 4.57 Å². The number of hydrogen-bond donors (Lipinski definition) is 0. The lowest BCUT2D eigenvalue weighted by Gasteiger charge is -2.34. The molecule has 0 radical (unpaired) electrons. The van der Waals surface area contributed by atoms with Crippen LogP contribution in [0, 0.1) is 17.5 Å². The van der Waals surface area contributed by atoms with E-state index in [-0.39, 0.29) is 24.1 Å². The summed E-state index contributed by atoms with van der Waals surface area (Å²) in [5, 5.41) is 0. The number of anilines is 1. The molecule has 0 fully saturated rings. The molecule has 1 atom stereocenters. The highest BCUT2D eigenvalue weighted by atomic mass is 19.2. The summed E-state index contributed by atoms with van der Waals surface area (Å²) in [5.74, 6) is -2.70. The Morgan fingerprint density at radius 3 is 2.67 bits per heavy atom. The molecule has 128 valence electrons. The maximum absolute atomic E-state index is 13.6. The van der Waals surface area contributed by atoms with Crippen LogP contribution in [0.5, 0.6) is 5.88 Å². The average Bonchev–Trinajstić information content (AvgIpc) is 2.53. The molecule has 1 aliphatic heterocycles. The molecule has 0 N–H and O–H groups in total. The van der Waals surface area contributed by atoms with Gasteiger partial charge in [0.25, 0.3) is 0 Å². The highest BCUT2D eigenvalue weighted by Crippen LogP contribution is 2.24. The van der Waals surface area contributed by atoms with Crippen LogP contribution in [-0.4, -0.2) is 22.6 Å². The summed E-state index contributed by atoms with van der Waals surface area (Å²) in [6.07, 6.45) is 0.825. The van der Waals surface area contributed by atoms with Crippen LogP contribution in [0.1, 0.15) is 18.9 Å². The highest BCUT2D eigenvalue weighted by molar-refractivity contribution is 5.43. The van der Waals surface area contributed by atoms with Crippen LogP contribution in [0.25, 0.3) is 0 Å². The first-order valence-corrected chi connectivity index (χ1v) is 7.47. The number of ether oxygens (including phenoxy) is 1. The van der Waals surface area contributed by atoms with Crippen molar-refractivity contribution in [1.29, 1.82) is 0 Å². The summed E-state index contributed by atoms with van der Waals surface area (Å²) < 4.78 is 46.6. The van der Waals surface area contributed by atoms with E-state index in [4.69, 9.17) is 4.74 Å². The van der Waals surface area contributed by atoms with E-state index in [2.05, 4.69) is 4.98 Å². The van der Waals surface area contributed by atoms with Crippen molar-refractivity contribution in [3.63, 3.8) is 0 Å². The molecule has 0 spiro atoms. The molecular weight excluding hydrogens is 323 g/mol. The third-order valence-corrected chi connectivity index (χ3v) is 4.22. The van der Waals surface area contributed by atoms with E-state index >= 15 is 0 Å². The average molecular weight is 339 g/mol. The predicted octanol–water partition coefficient (Wildman–Crippen LogP) is 2.47. The fraction of sp³-hybridized carbons (Fsp3) is 0.375. The number of aromatic nitrogens is 2. The maximum Gasteiger partial charge on any atom is 0.352 e. The van der Waals surface area contributed by atoms with E-state index in [1.807, 2.05) is 18.9 Å². The Bertz CT molecular complexity index is 838. The van der Waals surface area contributed by atoms with Crippen molar-refractivity contribution in [2.75, 3.05) is 11.9 Å². The molecule has 0 unspecified atom stereocenters. The monoisotopic (exact) mass is 339 g/mol. The number of hydrogen-bond acceptors (Lipinski definition) is 4. The minimum Gasteiger partial charge on any atom is -0.472 e. The normalized spacial score (nSPS) is 16.9. The molecule has 3 rings (SSSR count). The number of nitrogens with zero attached hydrogens (tertiary/aromatic N) is 3. The third-order valence-electron chi connectivity index (χ3n) is 4.22. The van der Waals surface area contributed by atoms with Gasteiger partial charge < -0.3 is 9.64 Å². The van der Waals surface area contributed by atoms with E-state index < -0.39 is 23.1 Å². The molecular formula is C16H16F3N3O2. The minimum atomic E-state index is -1.27. The molecule has 2 heterocycles. The van der Waals surface area contributed by atoms with Crippen LogP contribution in [-0.2, 0) is 13.2 Å². The Kier molecular flexibility index (Phi) is 4.21. The van der Waals surface area contributed by atoms with Crippen molar-refractivity contribution in [1.82, 2.24) is 9.55 Å². The summed E-state index contributed by atoms with van der Waals surface area (Å²) in [7, 11) is 1.86. The second-order valence-electron chi connectivity index (χ2n) is 5.78. The van der Waals surface area contributed by atoms with E-state index in [0.29, 0.717) is 18.4 Å². The van der Waals surface area contributed by atoms with Crippen LogP contribution in [0.2, 0.25) is 0 Å². The summed E-state index contributed by atoms with van der Waals surface area (Å²) in [6, 6.07) is 3.01. The molecule has 8 heteroatoms. The Labute approximate surface area is 136 Å². The molecule has 1 aromatic carbocycles. The van der Waals surface area contributed by atoms with E-state index in [0.717, 1.165) is 12.5 Å². The number of fused-ring (bicyclic) bond motifs is 1. The van der Waals surface area contributed by atoms with Crippen LogP contribution >= 0.6 is 0 Å². The number of benzene rings is 1. The molecule has 5 nitrogen and oxygen atoms in total. The van der Waals surface area contributed by atoms with Gasteiger partial charge >= 0.3 is 5.69 Å². The van der Waals surface area contributed by atoms with Gasteiger partial charge in [0.05, 0.1) is 0 Å². The summed E-state index contributed by atoms with van der Waals surface area (Å²) in [6.45, 7) is 2.23. The number of rotatable bonds is 3. The number of halogens is 3. The van der Waals surface area contributed by atoms with Gasteiger partial charge in [0, 0.05) is 37.3 Å². The zero-order valence-electron chi connectivity index (χ0n) is 13.2. The van der Waals surface area contributed by atoms with Crippen molar-refractivity contribution in [2.24, 2.45) is 0 Å². The zero-order valence-corrected chi connectivity index (χ0v) is 13.2. The molecule has 1 aliphatic rings. The van der Waals surface area contributed by atoms with Gasteiger partial charge in [0.15, 0.2) is 11.6 Å². The van der Waals surface area contributed by atoms with Crippen LogP contribution < -0.4 is 15.3 Å². The second kappa shape index (κ2) is 6.18. The quantitative estimate of drug-likeness (QED) is 0.806. The van der Waals surface area contributed by atoms with Crippen molar-refractivity contribution in [3.8, 4) is 5.88 Å². The minimum absolute atomic E-state index is 0.0105. The molecule has 0 saturated heterocycles. The standard InChI is InChI=1S/C16H16F3N3O2/c1-9-3-4-22-15(21(9)2)7-14(20-16(22)23)24-8-10-5-12(18)13(19)6-11(10)17/h5-7,9H,3-4,8H2,1-2H3/t9-/m0/s1. The summed E-state index contributed by atoms with van der Waals surface area (Å²) in [4.78, 5) is 17.8. The van der Waals surface area contributed by atoms with Gasteiger partial charge in [-0.1, -0.05) is 0 Å². The smallest absolute Gasteiger partial charge is 0.352 e. The van der Waals surface area contributed by atoms with Crippen LogP contribution in [0.15, 0.2) is 23.0 Å². The first kappa shape index (κ1) is 16.4. The second-order valence-corrected chi connectivity index (χ2v) is 5.78. The van der Waals surface area contributed by atoms with Gasteiger partial charge in [-0.3, -0.25) is 4.57 Å². The lowest BCUT2D eigenvalue weighted by Crippen LogP contribution is -2.41. The molecule has 0 bridgehead atoms. The van der Waals surface area contributed by atoms with Gasteiger partial charge in [-0.15, -0.1) is 0 Å². The first-order valence-electron chi connectivity index (χ1n) is 7.47. The lowest BCUT2D eigenvalue weighted by atomic mass is 10.1. The lowest BCUT2D eigenvalue weighted by molar-refractivity contribution is 0.282. The molecule has 0 amide bonds. The molecule has 2 aromatic rings. The highest BCUT2D eigenvalue weighted by Gasteiger charge is 2.22. The Balaban J connectivity index is 1.86. The Morgan fingerprint density at radius 1 is 1.21 bits per heavy atom. The fourth-order valence-electron chi connectivity index (χ4n) is 2.61. The topological polar surface area (TPSA) is 47.4 Å². The SMILES string of the molecule is C[C@H]1CCn2c(cc(OCc3cc(F)c(F)cc3F)nc2=O)N1C. The van der Waals surface area contributed by atoms with Crippen molar-refractivity contribution >= 4 is 5.82 Å².